The van der Waals surface area contributed by atoms with Crippen molar-refractivity contribution in [3.05, 3.63) is 145 Å². The summed E-state index contributed by atoms with van der Waals surface area (Å²) < 4.78 is 0. The van der Waals surface area contributed by atoms with Crippen LogP contribution in [0.5, 0.6) is 0 Å². The maximum atomic E-state index is 5.15. The van der Waals surface area contributed by atoms with E-state index in [-0.39, 0.29) is 6.29 Å². The number of anilines is 2. The lowest BCUT2D eigenvalue weighted by Crippen LogP contribution is -2.33. The Kier molecular flexibility index (Phi) is 5.57. The van der Waals surface area contributed by atoms with Crippen molar-refractivity contribution in [2.45, 2.75) is 6.29 Å². The van der Waals surface area contributed by atoms with Crippen molar-refractivity contribution in [2.24, 2.45) is 4.99 Å². The van der Waals surface area contributed by atoms with Crippen molar-refractivity contribution >= 4 is 17.1 Å². The van der Waals surface area contributed by atoms with Gasteiger partial charge in [0.2, 0.25) is 0 Å². The van der Waals surface area contributed by atoms with Crippen molar-refractivity contribution in [2.75, 3.05) is 10.6 Å². The lowest BCUT2D eigenvalue weighted by atomic mass is 9.95. The van der Waals surface area contributed by atoms with E-state index in [0.717, 1.165) is 33.8 Å². The van der Waals surface area contributed by atoms with E-state index in [1.54, 1.807) is 0 Å². The number of hydrogen-bond acceptors (Lipinski definition) is 3. The molecule has 1 atom stereocenters. The summed E-state index contributed by atoms with van der Waals surface area (Å²) >= 11 is 0. The average Bonchev–Trinajstić information content (AvgIpc) is 2.94. The molecule has 0 radical (unpaired) electrons. The van der Waals surface area contributed by atoms with Crippen molar-refractivity contribution in [3.8, 4) is 22.3 Å². The molecule has 168 valence electrons. The molecule has 0 fully saturated rings. The van der Waals surface area contributed by atoms with Crippen LogP contribution in [0.3, 0.4) is 0 Å². The largest absolute Gasteiger partial charge is 0.346 e. The molecule has 0 saturated carbocycles. The fourth-order valence-corrected chi connectivity index (χ4v) is 4.59. The van der Waals surface area contributed by atoms with Gasteiger partial charge in [-0.05, 0) is 34.9 Å². The molecule has 1 aliphatic rings. The van der Waals surface area contributed by atoms with Gasteiger partial charge in [0, 0.05) is 28.1 Å². The summed E-state index contributed by atoms with van der Waals surface area (Å²) in [6.45, 7) is 0. The Balaban J connectivity index is 1.40. The van der Waals surface area contributed by atoms with Crippen LogP contribution in [0.1, 0.15) is 11.1 Å². The van der Waals surface area contributed by atoms with Crippen LogP contribution in [0.2, 0.25) is 0 Å². The lowest BCUT2D eigenvalue weighted by Gasteiger charge is -2.28. The molecule has 6 rings (SSSR count). The summed E-state index contributed by atoms with van der Waals surface area (Å²) in [6, 6.07) is 46.3. The Hall–Kier alpha value is -4.63. The van der Waals surface area contributed by atoms with E-state index in [1.807, 2.05) is 12.1 Å². The smallest absolute Gasteiger partial charge is 0.194 e. The minimum Gasteiger partial charge on any atom is -0.346 e. The fraction of sp³-hybridized carbons (Fsp3) is 0.0312. The molecule has 1 heterocycles. The van der Waals surface area contributed by atoms with Gasteiger partial charge in [0.25, 0.3) is 0 Å². The van der Waals surface area contributed by atoms with E-state index in [1.165, 1.54) is 16.7 Å². The zero-order valence-corrected chi connectivity index (χ0v) is 19.2. The number of benzene rings is 5. The molecular formula is C32H25N3. The Bertz CT molecular complexity index is 1490. The first-order chi connectivity index (χ1) is 17.3. The Labute approximate surface area is 205 Å². The van der Waals surface area contributed by atoms with E-state index in [0.29, 0.717) is 0 Å². The molecule has 0 spiro atoms. The van der Waals surface area contributed by atoms with Gasteiger partial charge in [-0.2, -0.15) is 0 Å². The summed E-state index contributed by atoms with van der Waals surface area (Å²) in [7, 11) is 0. The van der Waals surface area contributed by atoms with Crippen LogP contribution in [-0.4, -0.2) is 12.0 Å². The highest BCUT2D eigenvalue weighted by Gasteiger charge is 2.22. The summed E-state index contributed by atoms with van der Waals surface area (Å²) in [5.41, 5.74) is 9.99. The zero-order chi connectivity index (χ0) is 23.5. The number of para-hydroxylation sites is 2. The highest BCUT2D eigenvalue weighted by atomic mass is 15.3. The fourth-order valence-electron chi connectivity index (χ4n) is 4.59. The Morgan fingerprint density at radius 3 is 1.91 bits per heavy atom. The van der Waals surface area contributed by atoms with Crippen molar-refractivity contribution in [1.82, 2.24) is 0 Å². The predicted octanol–water partition coefficient (Wildman–Crippen LogP) is 7.68. The van der Waals surface area contributed by atoms with Gasteiger partial charge >= 0.3 is 0 Å². The van der Waals surface area contributed by atoms with Crippen molar-refractivity contribution in [1.29, 1.82) is 0 Å². The third kappa shape index (κ3) is 4.32. The maximum Gasteiger partial charge on any atom is 0.194 e. The van der Waals surface area contributed by atoms with Crippen molar-refractivity contribution < 1.29 is 0 Å². The molecule has 3 heteroatoms. The van der Waals surface area contributed by atoms with Crippen LogP contribution >= 0.6 is 0 Å². The molecule has 35 heavy (non-hydrogen) atoms. The minimum atomic E-state index is -0.301. The van der Waals surface area contributed by atoms with Gasteiger partial charge < -0.3 is 10.6 Å². The molecule has 2 N–H and O–H groups in total. The third-order valence-electron chi connectivity index (χ3n) is 6.28. The number of nitrogens with one attached hydrogen (secondary N) is 2. The topological polar surface area (TPSA) is 36.4 Å². The number of hydrogen-bond donors (Lipinski definition) is 2. The van der Waals surface area contributed by atoms with Gasteiger partial charge in [0.05, 0.1) is 5.71 Å². The Morgan fingerprint density at radius 2 is 1.11 bits per heavy atom. The second kappa shape index (κ2) is 9.32. The molecule has 0 bridgehead atoms. The normalized spacial score (nSPS) is 14.4. The first-order valence-corrected chi connectivity index (χ1v) is 11.9. The van der Waals surface area contributed by atoms with Gasteiger partial charge in [0.1, 0.15) is 0 Å². The molecule has 0 saturated heterocycles. The average molecular weight is 452 g/mol. The van der Waals surface area contributed by atoms with E-state index in [2.05, 4.69) is 132 Å². The summed E-state index contributed by atoms with van der Waals surface area (Å²) in [5, 5.41) is 7.21. The predicted molar refractivity (Wildman–Crippen MR) is 147 cm³/mol. The molecule has 3 nitrogen and oxygen atoms in total. The molecule has 0 aromatic heterocycles. The molecule has 5 aromatic rings. The second-order valence-corrected chi connectivity index (χ2v) is 8.57. The summed E-state index contributed by atoms with van der Waals surface area (Å²) in [5.74, 6) is 0. The van der Waals surface area contributed by atoms with E-state index < -0.39 is 0 Å². The van der Waals surface area contributed by atoms with Crippen LogP contribution in [0.25, 0.3) is 22.3 Å². The monoisotopic (exact) mass is 451 g/mol. The highest BCUT2D eigenvalue weighted by Crippen LogP contribution is 2.31. The van der Waals surface area contributed by atoms with E-state index in [4.69, 9.17) is 4.99 Å². The Morgan fingerprint density at radius 1 is 0.514 bits per heavy atom. The second-order valence-electron chi connectivity index (χ2n) is 8.57. The van der Waals surface area contributed by atoms with Crippen LogP contribution in [0.15, 0.2) is 138 Å². The summed E-state index contributed by atoms with van der Waals surface area (Å²) in [6.07, 6.45) is -0.301. The maximum absolute atomic E-state index is 5.15. The third-order valence-corrected chi connectivity index (χ3v) is 6.28. The van der Waals surface area contributed by atoms with Crippen LogP contribution in [0, 0.1) is 0 Å². The van der Waals surface area contributed by atoms with E-state index >= 15 is 0 Å². The van der Waals surface area contributed by atoms with Gasteiger partial charge in [-0.3, -0.25) is 0 Å². The lowest BCUT2D eigenvalue weighted by molar-refractivity contribution is 0.860. The highest BCUT2D eigenvalue weighted by molar-refractivity contribution is 6.17. The van der Waals surface area contributed by atoms with Gasteiger partial charge in [-0.15, -0.1) is 0 Å². The van der Waals surface area contributed by atoms with Gasteiger partial charge in [-0.1, -0.05) is 115 Å². The molecule has 0 aliphatic carbocycles. The number of rotatable bonds is 5. The van der Waals surface area contributed by atoms with Crippen LogP contribution in [-0.2, 0) is 0 Å². The van der Waals surface area contributed by atoms with Crippen molar-refractivity contribution in [3.63, 3.8) is 0 Å². The van der Waals surface area contributed by atoms with E-state index in [9.17, 15) is 0 Å². The number of aliphatic imine (C=N–C) groups is 1. The molecule has 0 amide bonds. The number of nitrogens with zero attached hydrogens (tertiary/aromatic N) is 1. The molecule has 5 aromatic carbocycles. The van der Waals surface area contributed by atoms with Crippen LogP contribution in [0.4, 0.5) is 11.4 Å². The first kappa shape index (κ1) is 20.9. The summed E-state index contributed by atoms with van der Waals surface area (Å²) in [4.78, 5) is 5.15. The van der Waals surface area contributed by atoms with Gasteiger partial charge in [-0.25, -0.2) is 4.99 Å². The zero-order valence-electron chi connectivity index (χ0n) is 19.2. The molecule has 1 aliphatic heterocycles. The quantitative estimate of drug-likeness (QED) is 0.287. The molecule has 1 unspecified atom stereocenters. The van der Waals surface area contributed by atoms with Gasteiger partial charge in [0.15, 0.2) is 6.29 Å². The SMILES string of the molecule is c1ccc(-c2cccc(C3=NC(Nc4ccccc4-c4ccccc4)Nc4ccccc43)c2)cc1. The first-order valence-electron chi connectivity index (χ1n) is 11.9. The standard InChI is InChI=1S/C32H25N3/c1-3-12-23(13-4-1)25-16-11-17-26(22-25)31-28-19-8-10-21-30(28)34-32(35-31)33-29-20-9-7-18-27(29)24-14-5-2-6-15-24/h1-22,32-34H. The minimum absolute atomic E-state index is 0.301. The molecular weight excluding hydrogens is 426 g/mol. The number of fused-ring (bicyclic) bond motifs is 1. The van der Waals surface area contributed by atoms with Crippen LogP contribution < -0.4 is 10.6 Å².